The molecule has 2 N–H and O–H groups in total. The monoisotopic (exact) mass is 354 g/mol. The summed E-state index contributed by atoms with van der Waals surface area (Å²) in [7, 11) is 4.01. The van der Waals surface area contributed by atoms with Gasteiger partial charge in [0.2, 0.25) is 5.95 Å². The summed E-state index contributed by atoms with van der Waals surface area (Å²) in [5.41, 5.74) is 2.31. The molecule has 1 saturated heterocycles. The molecular weight excluding hydrogens is 332 g/mol. The minimum Gasteiger partial charge on any atom is -0.369 e. The maximum Gasteiger partial charge on any atom is 0.225 e. The van der Waals surface area contributed by atoms with E-state index in [2.05, 4.69) is 67.8 Å². The topological polar surface area (TPSA) is 56.3 Å². The number of likely N-dealkylation sites (N-methyl/N-ethyl adjacent to an activating group) is 1. The first-order valence-electron chi connectivity index (χ1n) is 8.46. The van der Waals surface area contributed by atoms with Gasteiger partial charge in [-0.15, -0.1) is 11.3 Å². The molecule has 0 amide bonds. The highest BCUT2D eigenvalue weighted by Gasteiger charge is 2.14. The van der Waals surface area contributed by atoms with Crippen LogP contribution in [-0.4, -0.2) is 55.1 Å². The first-order chi connectivity index (χ1) is 12.2. The minimum atomic E-state index is 0.631. The fourth-order valence-electron chi connectivity index (χ4n) is 3.02. The summed E-state index contributed by atoms with van der Waals surface area (Å²) in [5, 5.41) is 9.55. The number of benzene rings is 1. The second-order valence-corrected chi connectivity index (χ2v) is 7.14. The van der Waals surface area contributed by atoms with Gasteiger partial charge in [-0.3, -0.25) is 0 Å². The maximum atomic E-state index is 4.56. The number of anilines is 4. The largest absolute Gasteiger partial charge is 0.369 e. The van der Waals surface area contributed by atoms with E-state index in [1.807, 2.05) is 12.4 Å². The number of piperazine rings is 1. The van der Waals surface area contributed by atoms with Crippen molar-refractivity contribution in [2.24, 2.45) is 0 Å². The van der Waals surface area contributed by atoms with Gasteiger partial charge in [0.1, 0.15) is 10.6 Å². The standard InChI is InChI=1S/C18H22N6S/c1-19-18-21-16(15-7-12-25-17(15)22-18)20-13-3-5-14(6-4-13)24-10-8-23(2)9-11-24/h3-7,12H,8-11H2,1-2H3,(H2,19,20,21,22). The highest BCUT2D eigenvalue weighted by atomic mass is 32.1. The van der Waals surface area contributed by atoms with Crippen molar-refractivity contribution in [1.29, 1.82) is 0 Å². The van der Waals surface area contributed by atoms with Crippen LogP contribution in [0.4, 0.5) is 23.1 Å². The Labute approximate surface area is 151 Å². The number of hydrogen-bond acceptors (Lipinski definition) is 7. The van der Waals surface area contributed by atoms with Gasteiger partial charge in [-0.2, -0.15) is 4.98 Å². The molecule has 25 heavy (non-hydrogen) atoms. The van der Waals surface area contributed by atoms with E-state index in [-0.39, 0.29) is 0 Å². The summed E-state index contributed by atoms with van der Waals surface area (Å²) in [6.45, 7) is 4.39. The summed E-state index contributed by atoms with van der Waals surface area (Å²) in [5.74, 6) is 1.47. The zero-order valence-electron chi connectivity index (χ0n) is 14.5. The van der Waals surface area contributed by atoms with Crippen molar-refractivity contribution in [2.75, 3.05) is 55.8 Å². The highest BCUT2D eigenvalue weighted by molar-refractivity contribution is 7.16. The molecule has 3 heterocycles. The van der Waals surface area contributed by atoms with Gasteiger partial charge in [0, 0.05) is 44.6 Å². The van der Waals surface area contributed by atoms with Crippen LogP contribution >= 0.6 is 11.3 Å². The smallest absolute Gasteiger partial charge is 0.225 e. The predicted octanol–water partition coefficient (Wildman–Crippen LogP) is 3.23. The molecule has 1 aliphatic heterocycles. The fraction of sp³-hybridized carbons (Fsp3) is 0.333. The van der Waals surface area contributed by atoms with Gasteiger partial charge in [-0.05, 0) is 42.8 Å². The van der Waals surface area contributed by atoms with Gasteiger partial charge in [0.05, 0.1) is 5.39 Å². The van der Waals surface area contributed by atoms with Crippen LogP contribution in [0.1, 0.15) is 0 Å². The second kappa shape index (κ2) is 6.85. The van der Waals surface area contributed by atoms with Crippen molar-refractivity contribution in [2.45, 2.75) is 0 Å². The molecule has 1 fully saturated rings. The van der Waals surface area contributed by atoms with Gasteiger partial charge in [0.25, 0.3) is 0 Å². The van der Waals surface area contributed by atoms with E-state index in [0.717, 1.165) is 47.9 Å². The molecule has 0 bridgehead atoms. The van der Waals surface area contributed by atoms with Crippen molar-refractivity contribution in [3.05, 3.63) is 35.7 Å². The molecule has 130 valence electrons. The Hall–Kier alpha value is -2.38. The number of fused-ring (bicyclic) bond motifs is 1. The first kappa shape index (κ1) is 16.1. The van der Waals surface area contributed by atoms with Crippen LogP contribution in [-0.2, 0) is 0 Å². The Balaban J connectivity index is 1.54. The average molecular weight is 354 g/mol. The number of thiophene rings is 1. The van der Waals surface area contributed by atoms with E-state index in [9.17, 15) is 0 Å². The number of rotatable bonds is 4. The van der Waals surface area contributed by atoms with Gasteiger partial charge in [0.15, 0.2) is 0 Å². The third-order valence-electron chi connectivity index (χ3n) is 4.55. The molecular formula is C18H22N6S. The van der Waals surface area contributed by atoms with Crippen LogP contribution < -0.4 is 15.5 Å². The Morgan fingerprint density at radius 1 is 1.00 bits per heavy atom. The quantitative estimate of drug-likeness (QED) is 0.750. The number of nitrogens with zero attached hydrogens (tertiary/aromatic N) is 4. The average Bonchev–Trinajstić information content (AvgIpc) is 3.12. The lowest BCUT2D eigenvalue weighted by Crippen LogP contribution is -2.44. The van der Waals surface area contributed by atoms with Crippen molar-refractivity contribution < 1.29 is 0 Å². The SMILES string of the molecule is CNc1nc(Nc2ccc(N3CCN(C)CC3)cc2)c2ccsc2n1. The van der Waals surface area contributed by atoms with E-state index in [1.54, 1.807) is 11.3 Å². The Bertz CT molecular complexity index is 852. The molecule has 4 rings (SSSR count). The Morgan fingerprint density at radius 2 is 1.76 bits per heavy atom. The van der Waals surface area contributed by atoms with Crippen molar-refractivity contribution in [1.82, 2.24) is 14.9 Å². The second-order valence-electron chi connectivity index (χ2n) is 6.25. The summed E-state index contributed by atoms with van der Waals surface area (Å²) < 4.78 is 0. The van der Waals surface area contributed by atoms with Crippen LogP contribution in [0.2, 0.25) is 0 Å². The lowest BCUT2D eigenvalue weighted by atomic mass is 10.2. The number of nitrogens with one attached hydrogen (secondary N) is 2. The van der Waals surface area contributed by atoms with Gasteiger partial charge < -0.3 is 20.4 Å². The predicted molar refractivity (Wildman–Crippen MR) is 106 cm³/mol. The van der Waals surface area contributed by atoms with Crippen LogP contribution in [0, 0.1) is 0 Å². The molecule has 1 aliphatic rings. The van der Waals surface area contributed by atoms with E-state index < -0.39 is 0 Å². The number of aromatic nitrogens is 2. The lowest BCUT2D eigenvalue weighted by molar-refractivity contribution is 0.313. The molecule has 0 saturated carbocycles. The Morgan fingerprint density at radius 3 is 2.48 bits per heavy atom. The van der Waals surface area contributed by atoms with Crippen molar-refractivity contribution >= 4 is 44.7 Å². The molecule has 1 aromatic carbocycles. The normalized spacial score (nSPS) is 15.5. The molecule has 0 spiro atoms. The zero-order chi connectivity index (χ0) is 17.2. The van der Waals surface area contributed by atoms with Crippen LogP contribution in [0.25, 0.3) is 10.2 Å². The maximum absolute atomic E-state index is 4.56. The minimum absolute atomic E-state index is 0.631. The molecule has 2 aromatic heterocycles. The van der Waals surface area contributed by atoms with Gasteiger partial charge in [-0.25, -0.2) is 4.98 Å². The molecule has 0 atom stereocenters. The summed E-state index contributed by atoms with van der Waals surface area (Å²) in [6, 6.07) is 10.7. The molecule has 3 aromatic rings. The van der Waals surface area contributed by atoms with Crippen LogP contribution in [0.5, 0.6) is 0 Å². The molecule has 0 radical (unpaired) electrons. The molecule has 0 aliphatic carbocycles. The van der Waals surface area contributed by atoms with Gasteiger partial charge in [-0.1, -0.05) is 0 Å². The van der Waals surface area contributed by atoms with E-state index >= 15 is 0 Å². The van der Waals surface area contributed by atoms with E-state index in [1.165, 1.54) is 5.69 Å². The Kier molecular flexibility index (Phi) is 4.42. The molecule has 6 nitrogen and oxygen atoms in total. The van der Waals surface area contributed by atoms with Crippen LogP contribution in [0.15, 0.2) is 35.7 Å². The van der Waals surface area contributed by atoms with Gasteiger partial charge >= 0.3 is 0 Å². The molecule has 0 unspecified atom stereocenters. The third-order valence-corrected chi connectivity index (χ3v) is 5.35. The lowest BCUT2D eigenvalue weighted by Gasteiger charge is -2.34. The fourth-order valence-corrected chi connectivity index (χ4v) is 3.78. The molecule has 7 heteroatoms. The van der Waals surface area contributed by atoms with Crippen LogP contribution in [0.3, 0.4) is 0 Å². The first-order valence-corrected chi connectivity index (χ1v) is 9.34. The van der Waals surface area contributed by atoms with Crippen molar-refractivity contribution in [3.8, 4) is 0 Å². The summed E-state index contributed by atoms with van der Waals surface area (Å²) in [6.07, 6.45) is 0. The van der Waals surface area contributed by atoms with E-state index in [0.29, 0.717) is 5.95 Å². The summed E-state index contributed by atoms with van der Waals surface area (Å²) >= 11 is 1.62. The van der Waals surface area contributed by atoms with E-state index in [4.69, 9.17) is 0 Å². The van der Waals surface area contributed by atoms with Crippen molar-refractivity contribution in [3.63, 3.8) is 0 Å². The summed E-state index contributed by atoms with van der Waals surface area (Å²) in [4.78, 5) is 14.8. The highest BCUT2D eigenvalue weighted by Crippen LogP contribution is 2.29. The zero-order valence-corrected chi connectivity index (χ0v) is 15.3. The third kappa shape index (κ3) is 3.38. The number of hydrogen-bond donors (Lipinski definition) is 2.